The normalized spacial score (nSPS) is 15.6. The molecule has 8 heteroatoms. The summed E-state index contributed by atoms with van der Waals surface area (Å²) in [6.07, 6.45) is 3.57. The van der Waals surface area contributed by atoms with Crippen molar-refractivity contribution in [1.82, 2.24) is 19.7 Å². The molecule has 2 aromatic carbocycles. The van der Waals surface area contributed by atoms with Crippen LogP contribution >= 0.6 is 11.6 Å². The number of carbonyl (C=O) groups excluding carboxylic acids is 1. The maximum atomic E-state index is 12.9. The highest BCUT2D eigenvalue weighted by molar-refractivity contribution is 6.30. The molecule has 0 saturated heterocycles. The second-order valence-corrected chi connectivity index (χ2v) is 8.17. The van der Waals surface area contributed by atoms with Crippen LogP contribution in [0, 0.1) is 5.92 Å². The molecule has 1 N–H and O–H groups in total. The lowest BCUT2D eigenvalue weighted by molar-refractivity contribution is 0.195. The van der Waals surface area contributed by atoms with Gasteiger partial charge in [-0.2, -0.15) is 0 Å². The molecule has 1 aromatic heterocycles. The number of ether oxygens (including phenoxy) is 1. The van der Waals surface area contributed by atoms with Crippen molar-refractivity contribution < 1.29 is 9.53 Å². The predicted molar refractivity (Wildman–Crippen MR) is 114 cm³/mol. The van der Waals surface area contributed by atoms with Gasteiger partial charge in [0.25, 0.3) is 0 Å². The zero-order chi connectivity index (χ0) is 20.5. The SMILES string of the molecule is O=C(Nc1ccccc1Oc1ccc(Cl)cc1)N1CCn2c(CC3CC3)nnc2C1. The molecule has 0 unspecified atom stereocenters. The van der Waals surface area contributed by atoms with E-state index < -0.39 is 0 Å². The summed E-state index contributed by atoms with van der Waals surface area (Å²) in [5.74, 6) is 3.87. The minimum atomic E-state index is -0.180. The van der Waals surface area contributed by atoms with Crippen molar-refractivity contribution in [3.05, 3.63) is 65.2 Å². The van der Waals surface area contributed by atoms with E-state index in [1.165, 1.54) is 12.8 Å². The molecule has 30 heavy (non-hydrogen) atoms. The van der Waals surface area contributed by atoms with Gasteiger partial charge in [-0.1, -0.05) is 23.7 Å². The van der Waals surface area contributed by atoms with E-state index in [1.54, 1.807) is 29.2 Å². The topological polar surface area (TPSA) is 72.3 Å². The summed E-state index contributed by atoms with van der Waals surface area (Å²) >= 11 is 5.94. The molecule has 0 bridgehead atoms. The van der Waals surface area contributed by atoms with Gasteiger partial charge >= 0.3 is 6.03 Å². The molecule has 0 spiro atoms. The van der Waals surface area contributed by atoms with Gasteiger partial charge < -0.3 is 19.5 Å². The van der Waals surface area contributed by atoms with E-state index in [0.29, 0.717) is 35.3 Å². The van der Waals surface area contributed by atoms with Crippen molar-refractivity contribution in [2.24, 2.45) is 5.92 Å². The average Bonchev–Trinajstić information content (AvgIpc) is 3.49. The number of hydrogen-bond acceptors (Lipinski definition) is 4. The maximum absolute atomic E-state index is 12.9. The van der Waals surface area contributed by atoms with Crippen molar-refractivity contribution in [2.45, 2.75) is 32.4 Å². The van der Waals surface area contributed by atoms with Crippen LogP contribution in [-0.2, 0) is 19.5 Å². The van der Waals surface area contributed by atoms with Crippen molar-refractivity contribution in [3.63, 3.8) is 0 Å². The van der Waals surface area contributed by atoms with Crippen LogP contribution in [-0.4, -0.2) is 32.2 Å². The number of amides is 2. The van der Waals surface area contributed by atoms with Gasteiger partial charge in [0.05, 0.1) is 12.2 Å². The number of halogens is 1. The molecule has 7 nitrogen and oxygen atoms in total. The van der Waals surface area contributed by atoms with E-state index in [-0.39, 0.29) is 6.03 Å². The molecule has 2 amide bonds. The first-order valence-corrected chi connectivity index (χ1v) is 10.5. The third-order valence-corrected chi connectivity index (χ3v) is 5.71. The monoisotopic (exact) mass is 423 g/mol. The summed E-state index contributed by atoms with van der Waals surface area (Å²) in [7, 11) is 0. The fourth-order valence-corrected chi connectivity index (χ4v) is 3.73. The molecule has 5 rings (SSSR count). The molecule has 1 aliphatic carbocycles. The van der Waals surface area contributed by atoms with Crippen LogP contribution in [0.25, 0.3) is 0 Å². The van der Waals surface area contributed by atoms with Crippen LogP contribution in [0.15, 0.2) is 48.5 Å². The summed E-state index contributed by atoms with van der Waals surface area (Å²) in [5, 5.41) is 12.3. The van der Waals surface area contributed by atoms with Gasteiger partial charge in [0.2, 0.25) is 0 Å². The first kappa shape index (κ1) is 18.9. The van der Waals surface area contributed by atoms with E-state index >= 15 is 0 Å². The molecule has 0 radical (unpaired) electrons. The Morgan fingerprint density at radius 2 is 1.90 bits per heavy atom. The molecule has 1 saturated carbocycles. The Kier molecular flexibility index (Phi) is 5.04. The Morgan fingerprint density at radius 3 is 2.70 bits per heavy atom. The van der Waals surface area contributed by atoms with Gasteiger partial charge in [0.15, 0.2) is 11.6 Å². The van der Waals surface area contributed by atoms with Gasteiger partial charge in [-0.15, -0.1) is 10.2 Å². The van der Waals surface area contributed by atoms with E-state index in [0.717, 1.165) is 30.5 Å². The van der Waals surface area contributed by atoms with E-state index in [1.807, 2.05) is 24.3 Å². The van der Waals surface area contributed by atoms with Gasteiger partial charge in [-0.3, -0.25) is 0 Å². The molecular weight excluding hydrogens is 402 g/mol. The number of nitrogens with one attached hydrogen (secondary N) is 1. The third kappa shape index (κ3) is 4.11. The molecule has 2 heterocycles. The molecule has 1 fully saturated rings. The second kappa shape index (κ2) is 7.99. The predicted octanol–water partition coefficient (Wildman–Crippen LogP) is 4.72. The molecule has 3 aromatic rings. The standard InChI is InChI=1S/C22H22ClN5O2/c23-16-7-9-17(10-8-16)30-19-4-2-1-3-18(19)24-22(29)27-11-12-28-20(13-15-5-6-15)25-26-21(28)14-27/h1-4,7-10,15H,5-6,11-14H2,(H,24,29). The van der Waals surface area contributed by atoms with Crippen LogP contribution in [0.5, 0.6) is 11.5 Å². The van der Waals surface area contributed by atoms with Gasteiger partial charge in [-0.25, -0.2) is 4.79 Å². The first-order valence-electron chi connectivity index (χ1n) is 10.1. The van der Waals surface area contributed by atoms with Crippen LogP contribution in [0.1, 0.15) is 24.5 Å². The lowest BCUT2D eigenvalue weighted by Crippen LogP contribution is -2.41. The van der Waals surface area contributed by atoms with Gasteiger partial charge in [-0.05, 0) is 55.2 Å². The number of anilines is 1. The Morgan fingerprint density at radius 1 is 1.10 bits per heavy atom. The first-order chi connectivity index (χ1) is 14.7. The van der Waals surface area contributed by atoms with Crippen LogP contribution < -0.4 is 10.1 Å². The number of carbonyl (C=O) groups is 1. The highest BCUT2D eigenvalue weighted by Crippen LogP contribution is 2.33. The highest BCUT2D eigenvalue weighted by Gasteiger charge is 2.28. The van der Waals surface area contributed by atoms with E-state index in [2.05, 4.69) is 20.1 Å². The average molecular weight is 424 g/mol. The fraction of sp³-hybridized carbons (Fsp3) is 0.318. The molecular formula is C22H22ClN5O2. The smallest absolute Gasteiger partial charge is 0.322 e. The third-order valence-electron chi connectivity index (χ3n) is 5.46. The quantitative estimate of drug-likeness (QED) is 0.644. The van der Waals surface area contributed by atoms with Crippen molar-refractivity contribution in [3.8, 4) is 11.5 Å². The highest BCUT2D eigenvalue weighted by atomic mass is 35.5. The number of nitrogens with zero attached hydrogens (tertiary/aromatic N) is 4. The number of rotatable bonds is 5. The van der Waals surface area contributed by atoms with E-state index in [9.17, 15) is 4.79 Å². The van der Waals surface area contributed by atoms with Crippen LogP contribution in [0.4, 0.5) is 10.5 Å². The summed E-state index contributed by atoms with van der Waals surface area (Å²) in [4.78, 5) is 14.7. The zero-order valence-electron chi connectivity index (χ0n) is 16.4. The van der Waals surface area contributed by atoms with Crippen molar-refractivity contribution >= 4 is 23.3 Å². The van der Waals surface area contributed by atoms with Crippen molar-refractivity contribution in [2.75, 3.05) is 11.9 Å². The zero-order valence-corrected chi connectivity index (χ0v) is 17.2. The number of aromatic nitrogens is 3. The Labute approximate surface area is 179 Å². The van der Waals surface area contributed by atoms with E-state index in [4.69, 9.17) is 16.3 Å². The Bertz CT molecular complexity index is 1060. The molecule has 1 aliphatic heterocycles. The minimum Gasteiger partial charge on any atom is -0.455 e. The largest absolute Gasteiger partial charge is 0.455 e. The second-order valence-electron chi connectivity index (χ2n) is 7.74. The lowest BCUT2D eigenvalue weighted by Gasteiger charge is -2.28. The molecule has 154 valence electrons. The molecule has 0 atom stereocenters. The summed E-state index contributed by atoms with van der Waals surface area (Å²) in [6.45, 7) is 1.79. The fourth-order valence-electron chi connectivity index (χ4n) is 3.61. The molecule has 2 aliphatic rings. The minimum absolute atomic E-state index is 0.180. The Balaban J connectivity index is 1.26. The van der Waals surface area contributed by atoms with Gasteiger partial charge in [0.1, 0.15) is 11.6 Å². The lowest BCUT2D eigenvalue weighted by atomic mass is 10.2. The maximum Gasteiger partial charge on any atom is 0.322 e. The number of para-hydroxylation sites is 2. The summed E-state index contributed by atoms with van der Waals surface area (Å²) in [6, 6.07) is 14.3. The summed E-state index contributed by atoms with van der Waals surface area (Å²) < 4.78 is 8.10. The number of benzene rings is 2. The van der Waals surface area contributed by atoms with Crippen molar-refractivity contribution in [1.29, 1.82) is 0 Å². The number of hydrogen-bond donors (Lipinski definition) is 1. The van der Waals surface area contributed by atoms with Crippen LogP contribution in [0.2, 0.25) is 5.02 Å². The number of urea groups is 1. The van der Waals surface area contributed by atoms with Crippen LogP contribution in [0.3, 0.4) is 0 Å². The Hall–Kier alpha value is -3.06. The van der Waals surface area contributed by atoms with Gasteiger partial charge in [0, 0.05) is 24.5 Å². The summed E-state index contributed by atoms with van der Waals surface area (Å²) in [5.41, 5.74) is 0.610. The number of fused-ring (bicyclic) bond motifs is 1.